The Morgan fingerprint density at radius 3 is 2.46 bits per heavy atom. The predicted molar refractivity (Wildman–Crippen MR) is 111 cm³/mol. The summed E-state index contributed by atoms with van der Waals surface area (Å²) in [6, 6.07) is 11.9. The van der Waals surface area contributed by atoms with Crippen molar-refractivity contribution in [1.29, 1.82) is 0 Å². The number of carbonyl (C=O) groups excluding carboxylic acids is 1. The number of sulfonamides is 1. The topological polar surface area (TPSA) is 75.7 Å². The molecule has 0 radical (unpaired) electrons. The monoisotopic (exact) mass is 404 g/mol. The van der Waals surface area contributed by atoms with Crippen LogP contribution in [0.25, 0.3) is 10.8 Å². The summed E-state index contributed by atoms with van der Waals surface area (Å²) in [5.41, 5.74) is 0.959. The molecule has 6 nitrogen and oxygen atoms in total. The summed E-state index contributed by atoms with van der Waals surface area (Å²) in [5, 5.41) is 5.23. The Morgan fingerprint density at radius 2 is 1.82 bits per heavy atom. The molecule has 2 aromatic carbocycles. The van der Waals surface area contributed by atoms with E-state index in [1.54, 1.807) is 14.0 Å². The van der Waals surface area contributed by atoms with Crippen molar-refractivity contribution >= 4 is 26.7 Å². The summed E-state index contributed by atoms with van der Waals surface area (Å²) in [7, 11) is -1.50. The van der Waals surface area contributed by atoms with Gasteiger partial charge in [0, 0.05) is 19.1 Å². The highest BCUT2D eigenvalue weighted by molar-refractivity contribution is 7.89. The molecule has 0 bridgehead atoms. The summed E-state index contributed by atoms with van der Waals surface area (Å²) >= 11 is 0. The number of methoxy groups -OCH3 is 1. The molecular formula is C21H28N2O4S. The molecule has 0 saturated carbocycles. The number of hydrogen-bond acceptors (Lipinski definition) is 4. The van der Waals surface area contributed by atoms with Gasteiger partial charge < -0.3 is 10.1 Å². The Balaban J connectivity index is 1.63. The van der Waals surface area contributed by atoms with E-state index in [4.69, 9.17) is 4.74 Å². The molecule has 152 valence electrons. The molecule has 0 spiro atoms. The van der Waals surface area contributed by atoms with Crippen molar-refractivity contribution in [3.63, 3.8) is 0 Å². The molecule has 1 amide bonds. The summed E-state index contributed by atoms with van der Waals surface area (Å²) in [4.78, 5) is 12.7. The number of carbonyl (C=O) groups is 1. The van der Waals surface area contributed by atoms with Crippen LogP contribution in [0.15, 0.2) is 36.4 Å². The van der Waals surface area contributed by atoms with E-state index in [9.17, 15) is 13.2 Å². The Hall–Kier alpha value is -2.12. The SMILES string of the molecule is CCS(=O)(=O)N1CCC(NC(=O)C(C)c2ccc3cc(OC)ccc3c2)CC1. The van der Waals surface area contributed by atoms with Crippen molar-refractivity contribution < 1.29 is 17.9 Å². The van der Waals surface area contributed by atoms with Crippen LogP contribution < -0.4 is 10.1 Å². The zero-order chi connectivity index (χ0) is 20.3. The lowest BCUT2D eigenvalue weighted by atomic mass is 9.96. The van der Waals surface area contributed by atoms with E-state index >= 15 is 0 Å². The summed E-state index contributed by atoms with van der Waals surface area (Å²) in [6.45, 7) is 4.49. The van der Waals surface area contributed by atoms with Crippen molar-refractivity contribution in [3.05, 3.63) is 42.0 Å². The Bertz CT molecular complexity index is 950. The maximum Gasteiger partial charge on any atom is 0.227 e. The minimum Gasteiger partial charge on any atom is -0.497 e. The molecule has 0 aromatic heterocycles. The zero-order valence-corrected chi connectivity index (χ0v) is 17.5. The lowest BCUT2D eigenvalue weighted by molar-refractivity contribution is -0.123. The average Bonchev–Trinajstić information content (AvgIpc) is 2.72. The summed E-state index contributed by atoms with van der Waals surface area (Å²) in [6.07, 6.45) is 1.30. The highest BCUT2D eigenvalue weighted by Gasteiger charge is 2.28. The van der Waals surface area contributed by atoms with Crippen molar-refractivity contribution in [2.75, 3.05) is 26.0 Å². The van der Waals surface area contributed by atoms with Crippen LogP contribution in [-0.2, 0) is 14.8 Å². The zero-order valence-electron chi connectivity index (χ0n) is 16.6. The third kappa shape index (κ3) is 4.47. The van der Waals surface area contributed by atoms with Gasteiger partial charge in [-0.1, -0.05) is 24.3 Å². The third-order valence-corrected chi connectivity index (χ3v) is 7.40. The van der Waals surface area contributed by atoms with Gasteiger partial charge in [0.25, 0.3) is 0 Å². The van der Waals surface area contributed by atoms with Gasteiger partial charge >= 0.3 is 0 Å². The molecule has 1 aliphatic heterocycles. The standard InChI is InChI=1S/C21H28N2O4S/c1-4-28(25,26)23-11-9-19(10-12-23)22-21(24)15(2)16-5-6-18-14-20(27-3)8-7-17(18)13-16/h5-8,13-15,19H,4,9-12H2,1-3H3,(H,22,24). The Labute approximate surface area is 166 Å². The smallest absolute Gasteiger partial charge is 0.227 e. The first kappa shape index (κ1) is 20.6. The minimum absolute atomic E-state index is 0.0166. The molecule has 2 aromatic rings. The minimum atomic E-state index is -3.15. The molecule has 3 rings (SSSR count). The lowest BCUT2D eigenvalue weighted by Crippen LogP contribution is -2.47. The van der Waals surface area contributed by atoms with E-state index in [0.717, 1.165) is 22.1 Å². The fourth-order valence-electron chi connectivity index (χ4n) is 3.58. The molecule has 7 heteroatoms. The molecule has 1 N–H and O–H groups in total. The van der Waals surface area contributed by atoms with E-state index in [0.29, 0.717) is 25.9 Å². The van der Waals surface area contributed by atoms with Gasteiger partial charge in [0.15, 0.2) is 0 Å². The largest absolute Gasteiger partial charge is 0.497 e. The predicted octanol–water partition coefficient (Wildman–Crippen LogP) is 2.88. The van der Waals surface area contributed by atoms with Crippen LogP contribution in [0.2, 0.25) is 0 Å². The van der Waals surface area contributed by atoms with Crippen molar-refractivity contribution in [2.24, 2.45) is 0 Å². The molecule has 1 fully saturated rings. The fourth-order valence-corrected chi connectivity index (χ4v) is 4.71. The normalized spacial score (nSPS) is 17.4. The number of nitrogens with zero attached hydrogens (tertiary/aromatic N) is 1. The summed E-state index contributed by atoms with van der Waals surface area (Å²) < 4.78 is 30.7. The maximum absolute atomic E-state index is 12.7. The Kier molecular flexibility index (Phi) is 6.25. The maximum atomic E-state index is 12.7. The van der Waals surface area contributed by atoms with Crippen molar-refractivity contribution in [2.45, 2.75) is 38.6 Å². The van der Waals surface area contributed by atoms with Gasteiger partial charge in [-0.15, -0.1) is 0 Å². The van der Waals surface area contributed by atoms with E-state index in [1.165, 1.54) is 4.31 Å². The lowest BCUT2D eigenvalue weighted by Gasteiger charge is -2.32. The summed E-state index contributed by atoms with van der Waals surface area (Å²) in [5.74, 6) is 0.630. The van der Waals surface area contributed by atoms with Gasteiger partial charge in [-0.3, -0.25) is 4.79 Å². The second-order valence-electron chi connectivity index (χ2n) is 7.28. The number of hydrogen-bond donors (Lipinski definition) is 1. The average molecular weight is 405 g/mol. The highest BCUT2D eigenvalue weighted by Crippen LogP contribution is 2.25. The molecule has 1 saturated heterocycles. The number of nitrogens with one attached hydrogen (secondary N) is 1. The molecule has 1 unspecified atom stereocenters. The van der Waals surface area contributed by atoms with Gasteiger partial charge in [0.05, 0.1) is 18.8 Å². The molecule has 1 atom stereocenters. The van der Waals surface area contributed by atoms with Crippen molar-refractivity contribution in [1.82, 2.24) is 9.62 Å². The second-order valence-corrected chi connectivity index (χ2v) is 9.53. The van der Waals surface area contributed by atoms with E-state index in [-0.39, 0.29) is 23.6 Å². The number of amides is 1. The second kappa shape index (κ2) is 8.49. The quantitative estimate of drug-likeness (QED) is 0.803. The van der Waals surface area contributed by atoms with E-state index in [1.807, 2.05) is 43.3 Å². The first-order valence-corrected chi connectivity index (χ1v) is 11.3. The number of piperidine rings is 1. The number of ether oxygens (including phenoxy) is 1. The van der Waals surface area contributed by atoms with Crippen LogP contribution in [0.5, 0.6) is 5.75 Å². The Morgan fingerprint density at radius 1 is 1.18 bits per heavy atom. The fraction of sp³-hybridized carbons (Fsp3) is 0.476. The van der Waals surface area contributed by atoms with Crippen LogP contribution in [0.4, 0.5) is 0 Å². The van der Waals surface area contributed by atoms with Crippen LogP contribution in [0.1, 0.15) is 38.2 Å². The molecule has 0 aliphatic carbocycles. The van der Waals surface area contributed by atoms with Gasteiger partial charge in [-0.2, -0.15) is 0 Å². The van der Waals surface area contributed by atoms with Crippen LogP contribution in [0, 0.1) is 0 Å². The van der Waals surface area contributed by atoms with Crippen LogP contribution in [0.3, 0.4) is 0 Å². The van der Waals surface area contributed by atoms with Crippen molar-refractivity contribution in [3.8, 4) is 5.75 Å². The molecule has 28 heavy (non-hydrogen) atoms. The molecule has 1 aliphatic rings. The van der Waals surface area contributed by atoms with Gasteiger partial charge in [0.1, 0.15) is 5.75 Å². The van der Waals surface area contributed by atoms with Gasteiger partial charge in [0.2, 0.25) is 15.9 Å². The molecule has 1 heterocycles. The van der Waals surface area contributed by atoms with Gasteiger partial charge in [-0.05, 0) is 55.2 Å². The first-order valence-electron chi connectivity index (χ1n) is 9.70. The van der Waals surface area contributed by atoms with E-state index in [2.05, 4.69) is 5.32 Å². The number of benzene rings is 2. The third-order valence-electron chi connectivity index (χ3n) is 5.52. The highest BCUT2D eigenvalue weighted by atomic mass is 32.2. The van der Waals surface area contributed by atoms with Crippen LogP contribution in [-0.4, -0.2) is 50.6 Å². The number of fused-ring (bicyclic) bond motifs is 1. The van der Waals surface area contributed by atoms with Crippen LogP contribution >= 0.6 is 0 Å². The number of rotatable bonds is 6. The molecular weight excluding hydrogens is 376 g/mol. The van der Waals surface area contributed by atoms with E-state index < -0.39 is 10.0 Å². The van der Waals surface area contributed by atoms with Gasteiger partial charge in [-0.25, -0.2) is 12.7 Å². The first-order chi connectivity index (χ1) is 13.3.